The normalized spacial score (nSPS) is 15.4. The second-order valence-corrected chi connectivity index (χ2v) is 4.75. The molecule has 0 aliphatic rings. The van der Waals surface area contributed by atoms with Gasteiger partial charge in [-0.15, -0.1) is 0 Å². The molecule has 4 heteroatoms. The number of hydrogen-bond acceptors (Lipinski definition) is 3. The average molecular weight is 225 g/mol. The van der Waals surface area contributed by atoms with Crippen molar-refractivity contribution in [3.63, 3.8) is 0 Å². The molecule has 0 saturated carbocycles. The van der Waals surface area contributed by atoms with Crippen LogP contribution in [0.5, 0.6) is 0 Å². The Balaban J connectivity index is 2.41. The third-order valence-corrected chi connectivity index (χ3v) is 3.14. The van der Waals surface area contributed by atoms with Crippen molar-refractivity contribution in [2.45, 2.75) is 46.4 Å². The number of aliphatic hydroxyl groups is 1. The molecule has 1 rings (SSSR count). The molecule has 1 atom stereocenters. The van der Waals surface area contributed by atoms with Crippen molar-refractivity contribution >= 4 is 0 Å². The number of nitrogens with zero attached hydrogens (tertiary/aromatic N) is 2. The molecule has 16 heavy (non-hydrogen) atoms. The highest BCUT2D eigenvalue weighted by molar-refractivity contribution is 5.00. The Bertz CT molecular complexity index is 318. The maximum Gasteiger partial charge on any atom is 0.0766 e. The minimum Gasteiger partial charge on any atom is -0.389 e. The lowest BCUT2D eigenvalue weighted by atomic mass is 9.92. The van der Waals surface area contributed by atoms with Crippen molar-refractivity contribution in [3.05, 3.63) is 18.0 Å². The van der Waals surface area contributed by atoms with E-state index in [1.807, 2.05) is 31.5 Å². The van der Waals surface area contributed by atoms with E-state index in [4.69, 9.17) is 0 Å². The highest BCUT2D eigenvalue weighted by Gasteiger charge is 2.24. The molecular formula is C12H23N3O. The van der Waals surface area contributed by atoms with Crippen LogP contribution >= 0.6 is 0 Å². The van der Waals surface area contributed by atoms with Gasteiger partial charge in [-0.25, -0.2) is 0 Å². The Hall–Kier alpha value is -0.870. The molecular weight excluding hydrogens is 202 g/mol. The Morgan fingerprint density at radius 1 is 1.56 bits per heavy atom. The molecule has 0 fully saturated rings. The second kappa shape index (κ2) is 5.46. The smallest absolute Gasteiger partial charge is 0.0766 e. The standard InChI is InChI=1S/C12H23N3O/c1-5-15-11(6-7-14-15)8-13-9-12(4,16)10(2)3/h6-7,10,13,16H,5,8-9H2,1-4H3. The van der Waals surface area contributed by atoms with Crippen LogP contribution in [0.4, 0.5) is 0 Å². The summed E-state index contributed by atoms with van der Waals surface area (Å²) in [6.45, 7) is 10.2. The summed E-state index contributed by atoms with van der Waals surface area (Å²) in [5.74, 6) is 0.246. The summed E-state index contributed by atoms with van der Waals surface area (Å²) in [6.07, 6.45) is 1.81. The molecule has 4 nitrogen and oxygen atoms in total. The van der Waals surface area contributed by atoms with E-state index in [1.54, 1.807) is 6.20 Å². The monoisotopic (exact) mass is 225 g/mol. The van der Waals surface area contributed by atoms with E-state index in [-0.39, 0.29) is 5.92 Å². The van der Waals surface area contributed by atoms with Crippen molar-refractivity contribution < 1.29 is 5.11 Å². The maximum atomic E-state index is 10.1. The summed E-state index contributed by atoms with van der Waals surface area (Å²) in [4.78, 5) is 0. The first-order valence-electron chi connectivity index (χ1n) is 5.91. The van der Waals surface area contributed by atoms with Gasteiger partial charge in [-0.05, 0) is 25.8 Å². The van der Waals surface area contributed by atoms with Gasteiger partial charge in [0.2, 0.25) is 0 Å². The predicted octanol–water partition coefficient (Wildman–Crippen LogP) is 1.40. The molecule has 1 aromatic heterocycles. The van der Waals surface area contributed by atoms with E-state index in [2.05, 4.69) is 17.3 Å². The van der Waals surface area contributed by atoms with Crippen molar-refractivity contribution in [3.8, 4) is 0 Å². The Morgan fingerprint density at radius 2 is 2.25 bits per heavy atom. The fourth-order valence-electron chi connectivity index (χ4n) is 1.44. The molecule has 0 amide bonds. The van der Waals surface area contributed by atoms with Crippen LogP contribution in [0, 0.1) is 5.92 Å². The molecule has 1 heterocycles. The molecule has 92 valence electrons. The fourth-order valence-corrected chi connectivity index (χ4v) is 1.44. The lowest BCUT2D eigenvalue weighted by Gasteiger charge is -2.28. The third-order valence-electron chi connectivity index (χ3n) is 3.14. The van der Waals surface area contributed by atoms with E-state index in [0.717, 1.165) is 18.8 Å². The van der Waals surface area contributed by atoms with Gasteiger partial charge in [0.05, 0.1) is 11.3 Å². The lowest BCUT2D eigenvalue weighted by molar-refractivity contribution is 0.0138. The van der Waals surface area contributed by atoms with Gasteiger partial charge < -0.3 is 10.4 Å². The Kier molecular flexibility index (Phi) is 4.50. The number of nitrogens with one attached hydrogen (secondary N) is 1. The van der Waals surface area contributed by atoms with Crippen molar-refractivity contribution in [2.75, 3.05) is 6.54 Å². The quantitative estimate of drug-likeness (QED) is 0.769. The van der Waals surface area contributed by atoms with Gasteiger partial charge in [0, 0.05) is 25.8 Å². The summed E-state index contributed by atoms with van der Waals surface area (Å²) in [5.41, 5.74) is 0.499. The van der Waals surface area contributed by atoms with Gasteiger partial charge in [-0.3, -0.25) is 4.68 Å². The number of hydrogen-bond donors (Lipinski definition) is 2. The van der Waals surface area contributed by atoms with E-state index in [9.17, 15) is 5.11 Å². The minimum atomic E-state index is -0.656. The SMILES string of the molecule is CCn1nccc1CNCC(C)(O)C(C)C. The third kappa shape index (κ3) is 3.32. The van der Waals surface area contributed by atoms with Crippen LogP contribution in [-0.4, -0.2) is 27.0 Å². The highest BCUT2D eigenvalue weighted by atomic mass is 16.3. The van der Waals surface area contributed by atoms with Gasteiger partial charge >= 0.3 is 0 Å². The minimum absolute atomic E-state index is 0.246. The molecule has 0 saturated heterocycles. The van der Waals surface area contributed by atoms with E-state index in [0.29, 0.717) is 6.54 Å². The van der Waals surface area contributed by atoms with Crippen LogP contribution in [0.3, 0.4) is 0 Å². The summed E-state index contributed by atoms with van der Waals surface area (Å²) < 4.78 is 1.96. The largest absolute Gasteiger partial charge is 0.389 e. The molecule has 2 N–H and O–H groups in total. The number of aryl methyl sites for hydroxylation is 1. The highest BCUT2D eigenvalue weighted by Crippen LogP contribution is 2.14. The van der Waals surface area contributed by atoms with Crippen LogP contribution in [0.2, 0.25) is 0 Å². The van der Waals surface area contributed by atoms with Gasteiger partial charge in [0.1, 0.15) is 0 Å². The molecule has 0 aromatic carbocycles. The molecule has 1 aromatic rings. The molecule has 0 radical (unpaired) electrons. The average Bonchev–Trinajstić information content (AvgIpc) is 2.64. The fraction of sp³-hybridized carbons (Fsp3) is 0.750. The van der Waals surface area contributed by atoms with Crippen LogP contribution in [0.15, 0.2) is 12.3 Å². The first kappa shape index (κ1) is 13.2. The summed E-state index contributed by atoms with van der Waals surface area (Å²) >= 11 is 0. The maximum absolute atomic E-state index is 10.1. The first-order chi connectivity index (χ1) is 7.47. The van der Waals surface area contributed by atoms with Crippen LogP contribution < -0.4 is 5.32 Å². The number of aromatic nitrogens is 2. The molecule has 0 bridgehead atoms. The van der Waals surface area contributed by atoms with Gasteiger partial charge in [0.15, 0.2) is 0 Å². The second-order valence-electron chi connectivity index (χ2n) is 4.75. The van der Waals surface area contributed by atoms with Crippen LogP contribution in [-0.2, 0) is 13.1 Å². The first-order valence-corrected chi connectivity index (χ1v) is 5.91. The molecule has 0 spiro atoms. The molecule has 0 aliphatic heterocycles. The zero-order valence-electron chi connectivity index (χ0n) is 10.7. The Morgan fingerprint density at radius 3 is 2.81 bits per heavy atom. The van der Waals surface area contributed by atoms with E-state index < -0.39 is 5.60 Å². The van der Waals surface area contributed by atoms with E-state index in [1.165, 1.54) is 0 Å². The lowest BCUT2D eigenvalue weighted by Crippen LogP contribution is -2.42. The molecule has 1 unspecified atom stereocenters. The number of rotatable bonds is 6. The van der Waals surface area contributed by atoms with Gasteiger partial charge in [-0.2, -0.15) is 5.10 Å². The van der Waals surface area contributed by atoms with Crippen molar-refractivity contribution in [1.29, 1.82) is 0 Å². The van der Waals surface area contributed by atoms with E-state index >= 15 is 0 Å². The zero-order valence-corrected chi connectivity index (χ0v) is 10.7. The Labute approximate surface area is 97.7 Å². The molecule has 0 aliphatic carbocycles. The topological polar surface area (TPSA) is 50.1 Å². The van der Waals surface area contributed by atoms with Crippen molar-refractivity contribution in [1.82, 2.24) is 15.1 Å². The zero-order chi connectivity index (χ0) is 12.2. The van der Waals surface area contributed by atoms with Gasteiger partial charge in [0.25, 0.3) is 0 Å². The summed E-state index contributed by atoms with van der Waals surface area (Å²) in [6, 6.07) is 2.00. The summed E-state index contributed by atoms with van der Waals surface area (Å²) in [7, 11) is 0. The van der Waals surface area contributed by atoms with Gasteiger partial charge in [-0.1, -0.05) is 13.8 Å². The predicted molar refractivity (Wildman–Crippen MR) is 65.1 cm³/mol. The van der Waals surface area contributed by atoms with Crippen LogP contribution in [0.1, 0.15) is 33.4 Å². The van der Waals surface area contributed by atoms with Crippen LogP contribution in [0.25, 0.3) is 0 Å². The summed E-state index contributed by atoms with van der Waals surface area (Å²) in [5, 5.41) is 17.5. The van der Waals surface area contributed by atoms with Crippen molar-refractivity contribution in [2.24, 2.45) is 5.92 Å².